The zero-order chi connectivity index (χ0) is 11.2. The molecule has 2 aromatic heterocycles. The van der Waals surface area contributed by atoms with Crippen LogP contribution in [0.15, 0.2) is 9.59 Å². The van der Waals surface area contributed by atoms with Gasteiger partial charge in [0.25, 0.3) is 0 Å². The van der Waals surface area contributed by atoms with Crippen molar-refractivity contribution in [1.82, 2.24) is 19.9 Å². The van der Waals surface area contributed by atoms with Gasteiger partial charge >= 0.3 is 25.0 Å². The van der Waals surface area contributed by atoms with Gasteiger partial charge in [-0.25, -0.2) is 4.98 Å². The number of hydrogen-bond acceptors (Lipinski definition) is 3. The molecule has 0 unspecified atom stereocenters. The van der Waals surface area contributed by atoms with E-state index in [4.69, 9.17) is 0 Å². The summed E-state index contributed by atoms with van der Waals surface area (Å²) in [5.41, 5.74) is -3.03. The van der Waals surface area contributed by atoms with Crippen molar-refractivity contribution in [2.45, 2.75) is 6.18 Å². The molecule has 16 heavy (non-hydrogen) atoms. The largest absolute Gasteiger partial charge is 1.00 e. The normalized spacial score (nSPS) is 11.4. The molecule has 0 saturated heterocycles. The molecule has 0 fully saturated rings. The van der Waals surface area contributed by atoms with Gasteiger partial charge in [-0.05, 0) is 0 Å². The minimum Gasteiger partial charge on any atom is -0.407 e. The Bertz CT molecular complexity index is 625. The van der Waals surface area contributed by atoms with Crippen LogP contribution in [0.1, 0.15) is 5.82 Å². The number of hydrogen-bond donors (Lipinski definition) is 2. The summed E-state index contributed by atoms with van der Waals surface area (Å²) in [4.78, 5) is 31.2. The van der Waals surface area contributed by atoms with Gasteiger partial charge < -0.3 is 15.0 Å². The molecular weight excluding hydrogens is 224 g/mol. The summed E-state index contributed by atoms with van der Waals surface area (Å²) in [5, 5.41) is 0. The fourth-order valence-corrected chi connectivity index (χ4v) is 1.03. The van der Waals surface area contributed by atoms with E-state index in [-0.39, 0.29) is 18.9 Å². The van der Waals surface area contributed by atoms with Crippen molar-refractivity contribution in [3.05, 3.63) is 26.7 Å². The third-order valence-electron chi connectivity index (χ3n) is 1.61. The zero-order valence-electron chi connectivity index (χ0n) is 7.84. The standard InChI is InChI=1S/C6H3F3N4O2.Li/c7-6(8,9)4-10-1-2(11-4)12-5(15)13-3(1)14;/h(H3,10,11,12,13,14,15);/q;+1/p-1. The fraction of sp³-hybridized carbons (Fsp3) is 0.167. The van der Waals surface area contributed by atoms with Gasteiger partial charge in [-0.2, -0.15) is 13.2 Å². The average Bonchev–Trinajstić information content (AvgIpc) is 2.46. The second kappa shape index (κ2) is 3.84. The number of rotatable bonds is 0. The molecular formula is C6H2F3LiN4O2. The minimum absolute atomic E-state index is 0. The molecule has 0 saturated carbocycles. The smallest absolute Gasteiger partial charge is 0.407 e. The van der Waals surface area contributed by atoms with Crippen LogP contribution in [0.3, 0.4) is 0 Å². The molecule has 0 atom stereocenters. The van der Waals surface area contributed by atoms with E-state index in [1.54, 1.807) is 4.98 Å². The maximum atomic E-state index is 12.2. The average molecular weight is 226 g/mol. The number of nitrogens with one attached hydrogen (secondary N) is 2. The van der Waals surface area contributed by atoms with Gasteiger partial charge in [-0.3, -0.25) is 9.59 Å². The Morgan fingerprint density at radius 3 is 2.38 bits per heavy atom. The zero-order valence-corrected chi connectivity index (χ0v) is 7.84. The number of halogens is 3. The van der Waals surface area contributed by atoms with Gasteiger partial charge in [-0.15, -0.1) is 0 Å². The topological polar surface area (TPSA) is 92.7 Å². The number of alkyl halides is 3. The van der Waals surface area contributed by atoms with Crippen LogP contribution in [0.5, 0.6) is 0 Å². The number of aromatic amines is 2. The first-order chi connectivity index (χ1) is 6.88. The summed E-state index contributed by atoms with van der Waals surface area (Å²) in [6.45, 7) is 0. The molecule has 0 aliphatic heterocycles. The minimum atomic E-state index is -4.71. The van der Waals surface area contributed by atoms with E-state index in [1.165, 1.54) is 0 Å². The van der Waals surface area contributed by atoms with Crippen LogP contribution in [-0.2, 0) is 6.18 Å². The number of fused-ring (bicyclic) bond motifs is 1. The van der Waals surface area contributed by atoms with Gasteiger partial charge in [0.05, 0.1) is 5.65 Å². The van der Waals surface area contributed by atoms with E-state index < -0.39 is 34.4 Å². The van der Waals surface area contributed by atoms with E-state index >= 15 is 0 Å². The number of H-pyrrole nitrogens is 2. The van der Waals surface area contributed by atoms with Crippen molar-refractivity contribution in [1.29, 1.82) is 0 Å². The first-order valence-corrected chi connectivity index (χ1v) is 3.62. The Morgan fingerprint density at radius 2 is 1.81 bits per heavy atom. The van der Waals surface area contributed by atoms with Crippen LogP contribution in [0.25, 0.3) is 11.2 Å². The predicted molar refractivity (Wildman–Crippen MR) is 41.3 cm³/mol. The number of imidazole rings is 1. The van der Waals surface area contributed by atoms with Gasteiger partial charge in [0.1, 0.15) is 5.52 Å². The molecule has 10 heteroatoms. The molecule has 2 rings (SSSR count). The monoisotopic (exact) mass is 226 g/mol. The fourth-order valence-electron chi connectivity index (χ4n) is 1.03. The second-order valence-corrected chi connectivity index (χ2v) is 2.65. The Labute approximate surface area is 96.5 Å². The number of aromatic nitrogens is 4. The van der Waals surface area contributed by atoms with Crippen molar-refractivity contribution < 1.29 is 32.0 Å². The summed E-state index contributed by atoms with van der Waals surface area (Å²) >= 11 is 0. The van der Waals surface area contributed by atoms with Gasteiger partial charge in [0.15, 0.2) is 11.2 Å². The second-order valence-electron chi connectivity index (χ2n) is 2.65. The summed E-state index contributed by atoms with van der Waals surface area (Å²) < 4.78 is 36.5. The molecule has 0 aromatic carbocycles. The Balaban J connectivity index is 0.00000128. The van der Waals surface area contributed by atoms with Crippen LogP contribution in [0.2, 0.25) is 0 Å². The van der Waals surface area contributed by atoms with Crippen molar-refractivity contribution in [3.8, 4) is 0 Å². The maximum absolute atomic E-state index is 12.2. The molecule has 0 aliphatic carbocycles. The third-order valence-corrected chi connectivity index (χ3v) is 1.61. The quantitative estimate of drug-likeness (QED) is 0.458. The molecule has 0 radical (unpaired) electrons. The van der Waals surface area contributed by atoms with Crippen LogP contribution < -0.4 is 35.1 Å². The van der Waals surface area contributed by atoms with E-state index in [0.29, 0.717) is 0 Å². The maximum Gasteiger partial charge on any atom is 1.00 e. The molecule has 0 bridgehead atoms. The van der Waals surface area contributed by atoms with E-state index in [9.17, 15) is 22.8 Å². The molecule has 6 nitrogen and oxygen atoms in total. The first kappa shape index (κ1) is 12.6. The predicted octanol–water partition coefficient (Wildman–Crippen LogP) is -3.41. The van der Waals surface area contributed by atoms with Crippen molar-refractivity contribution in [3.63, 3.8) is 0 Å². The van der Waals surface area contributed by atoms with E-state index in [0.717, 1.165) is 0 Å². The molecule has 2 aromatic rings. The molecule has 0 amide bonds. The van der Waals surface area contributed by atoms with E-state index in [2.05, 4.69) is 9.97 Å². The Kier molecular flexibility index (Phi) is 3.03. The molecule has 2 heterocycles. The van der Waals surface area contributed by atoms with E-state index in [1.807, 2.05) is 4.98 Å². The third kappa shape index (κ3) is 2.05. The van der Waals surface area contributed by atoms with Gasteiger partial charge in [-0.1, -0.05) is 0 Å². The first-order valence-electron chi connectivity index (χ1n) is 3.62. The van der Waals surface area contributed by atoms with Crippen LogP contribution in [0, 0.1) is 0 Å². The Hall–Kier alpha value is -1.46. The summed E-state index contributed by atoms with van der Waals surface area (Å²) in [5.74, 6) is -1.35. The van der Waals surface area contributed by atoms with Gasteiger partial charge in [0.2, 0.25) is 5.82 Å². The van der Waals surface area contributed by atoms with Crippen molar-refractivity contribution >= 4 is 11.2 Å². The van der Waals surface area contributed by atoms with Crippen LogP contribution in [-0.4, -0.2) is 15.0 Å². The molecule has 2 N–H and O–H groups in total. The molecule has 0 aliphatic rings. The molecule has 0 spiro atoms. The van der Waals surface area contributed by atoms with Crippen LogP contribution in [0.4, 0.5) is 13.2 Å². The Morgan fingerprint density at radius 1 is 1.19 bits per heavy atom. The molecule has 80 valence electrons. The number of nitrogens with zero attached hydrogens (tertiary/aromatic N) is 2. The summed E-state index contributed by atoms with van der Waals surface area (Å²) in [6.07, 6.45) is -4.71. The van der Waals surface area contributed by atoms with Crippen LogP contribution >= 0.6 is 0 Å². The van der Waals surface area contributed by atoms with Crippen molar-refractivity contribution in [2.24, 2.45) is 0 Å². The summed E-state index contributed by atoms with van der Waals surface area (Å²) in [7, 11) is 0. The summed E-state index contributed by atoms with van der Waals surface area (Å²) in [6, 6.07) is 0. The van der Waals surface area contributed by atoms with Gasteiger partial charge in [0, 0.05) is 0 Å². The SMILES string of the molecule is O=c1[n-]c(=O)c2[nH]c(C(F)(F)F)nc2[nH]1.[Li+]. The van der Waals surface area contributed by atoms with Crippen molar-refractivity contribution in [2.75, 3.05) is 0 Å².